The predicted molar refractivity (Wildman–Crippen MR) is 78.9 cm³/mol. The summed E-state index contributed by atoms with van der Waals surface area (Å²) in [4.78, 5) is 14.1. The van der Waals surface area contributed by atoms with E-state index in [2.05, 4.69) is 0 Å². The highest BCUT2D eigenvalue weighted by molar-refractivity contribution is 7.88. The second-order valence-electron chi connectivity index (χ2n) is 5.73. The van der Waals surface area contributed by atoms with Crippen LogP contribution >= 0.6 is 0 Å². The Bertz CT molecular complexity index is 628. The second-order valence-corrected chi connectivity index (χ2v) is 7.67. The highest BCUT2D eigenvalue weighted by atomic mass is 32.2. The molecule has 2 aliphatic rings. The zero-order valence-corrected chi connectivity index (χ0v) is 13.3. The molecule has 1 aromatic rings. The second kappa shape index (κ2) is 6.02. The molecular formula is C14H20N2O5S. The molecule has 0 unspecified atom stereocenters. The van der Waals surface area contributed by atoms with Crippen molar-refractivity contribution in [3.05, 3.63) is 24.2 Å². The summed E-state index contributed by atoms with van der Waals surface area (Å²) in [7, 11) is -3.26. The first-order valence-corrected chi connectivity index (χ1v) is 9.21. The lowest BCUT2D eigenvalue weighted by molar-refractivity contribution is -0.0406. The summed E-state index contributed by atoms with van der Waals surface area (Å²) in [6, 6.07) is 1.45. The topological polar surface area (TPSA) is 80.1 Å². The first-order valence-electron chi connectivity index (χ1n) is 7.37. The first-order chi connectivity index (χ1) is 10.5. The van der Waals surface area contributed by atoms with E-state index in [1.165, 1.54) is 23.1 Å². The molecule has 7 nitrogen and oxygen atoms in total. The molecule has 0 aliphatic carbocycles. The molecule has 2 saturated heterocycles. The number of carbonyl (C=O) groups is 1. The molecule has 3 heterocycles. The lowest BCUT2D eigenvalue weighted by Crippen LogP contribution is -2.53. The Balaban J connectivity index is 1.75. The minimum Gasteiger partial charge on any atom is -0.472 e. The van der Waals surface area contributed by atoms with Gasteiger partial charge < -0.3 is 14.1 Å². The van der Waals surface area contributed by atoms with E-state index < -0.39 is 10.0 Å². The van der Waals surface area contributed by atoms with Crippen molar-refractivity contribution in [1.29, 1.82) is 0 Å². The van der Waals surface area contributed by atoms with Crippen molar-refractivity contribution < 1.29 is 22.4 Å². The molecule has 3 rings (SSSR count). The average Bonchev–Trinajstić information content (AvgIpc) is 2.92. The smallest absolute Gasteiger partial charge is 0.257 e. The van der Waals surface area contributed by atoms with Gasteiger partial charge in [-0.05, 0) is 18.9 Å². The van der Waals surface area contributed by atoms with E-state index in [0.717, 1.165) is 0 Å². The number of likely N-dealkylation sites (tertiary alicyclic amines) is 1. The van der Waals surface area contributed by atoms with Gasteiger partial charge in [0.25, 0.3) is 5.91 Å². The number of sulfonamides is 1. The lowest BCUT2D eigenvalue weighted by atomic mass is 10.0. The quantitative estimate of drug-likeness (QED) is 0.792. The summed E-state index contributed by atoms with van der Waals surface area (Å²) in [5, 5.41) is 0. The molecule has 2 aliphatic heterocycles. The van der Waals surface area contributed by atoms with E-state index in [0.29, 0.717) is 44.6 Å². The van der Waals surface area contributed by atoms with Crippen LogP contribution in [0.1, 0.15) is 23.2 Å². The highest BCUT2D eigenvalue weighted by Crippen LogP contribution is 2.26. The standard InChI is InChI=1S/C14H20N2O5S/c1-22(18,19)16-7-9-21-13-3-6-15(5-2-12(13)16)14(17)11-4-8-20-10-11/h4,8,10,12-13H,2-3,5-7,9H2,1H3/t12-,13-/m0/s1. The number of morpholine rings is 1. The Labute approximate surface area is 129 Å². The summed E-state index contributed by atoms with van der Waals surface area (Å²) < 4.78 is 36.1. The van der Waals surface area contributed by atoms with Gasteiger partial charge in [0.2, 0.25) is 10.0 Å². The van der Waals surface area contributed by atoms with Gasteiger partial charge in [-0.3, -0.25) is 4.79 Å². The van der Waals surface area contributed by atoms with Crippen LogP contribution in [0.2, 0.25) is 0 Å². The normalized spacial score (nSPS) is 27.2. The predicted octanol–water partition coefficient (Wildman–Crippen LogP) is 0.545. The van der Waals surface area contributed by atoms with Crippen LogP contribution in [-0.2, 0) is 14.8 Å². The van der Waals surface area contributed by atoms with Crippen molar-refractivity contribution in [3.63, 3.8) is 0 Å². The van der Waals surface area contributed by atoms with Crippen molar-refractivity contribution >= 4 is 15.9 Å². The Morgan fingerprint density at radius 1 is 1.27 bits per heavy atom. The number of furan rings is 1. The van der Waals surface area contributed by atoms with Gasteiger partial charge >= 0.3 is 0 Å². The number of hydrogen-bond donors (Lipinski definition) is 0. The number of carbonyl (C=O) groups excluding carboxylic acids is 1. The first kappa shape index (κ1) is 15.5. The summed E-state index contributed by atoms with van der Waals surface area (Å²) >= 11 is 0. The number of nitrogens with zero attached hydrogens (tertiary/aromatic N) is 2. The van der Waals surface area contributed by atoms with E-state index in [4.69, 9.17) is 9.15 Å². The third kappa shape index (κ3) is 3.04. The Morgan fingerprint density at radius 3 is 2.73 bits per heavy atom. The third-order valence-electron chi connectivity index (χ3n) is 4.30. The molecule has 22 heavy (non-hydrogen) atoms. The zero-order chi connectivity index (χ0) is 15.7. The minimum atomic E-state index is -3.26. The zero-order valence-electron chi connectivity index (χ0n) is 12.5. The SMILES string of the molecule is CS(=O)(=O)N1CCO[C@H]2CCN(C(=O)c3ccoc3)CC[C@@H]21. The van der Waals surface area contributed by atoms with Crippen LogP contribution in [-0.4, -0.2) is 68.2 Å². The van der Waals surface area contributed by atoms with Gasteiger partial charge in [-0.15, -0.1) is 0 Å². The van der Waals surface area contributed by atoms with Crippen molar-refractivity contribution in [2.75, 3.05) is 32.5 Å². The van der Waals surface area contributed by atoms with Gasteiger partial charge in [0.05, 0.1) is 36.8 Å². The Kier molecular flexibility index (Phi) is 4.24. The van der Waals surface area contributed by atoms with Gasteiger partial charge in [0, 0.05) is 19.6 Å². The minimum absolute atomic E-state index is 0.0849. The van der Waals surface area contributed by atoms with Gasteiger partial charge in [0.15, 0.2) is 0 Å². The molecule has 1 aromatic heterocycles. The molecule has 0 aromatic carbocycles. The fourth-order valence-electron chi connectivity index (χ4n) is 3.23. The van der Waals surface area contributed by atoms with Crippen molar-refractivity contribution in [2.45, 2.75) is 25.0 Å². The maximum Gasteiger partial charge on any atom is 0.257 e. The van der Waals surface area contributed by atoms with Crippen LogP contribution in [0, 0.1) is 0 Å². The third-order valence-corrected chi connectivity index (χ3v) is 5.61. The molecule has 0 N–H and O–H groups in total. The maximum absolute atomic E-state index is 12.4. The van der Waals surface area contributed by atoms with Crippen LogP contribution in [0.3, 0.4) is 0 Å². The molecule has 2 fully saturated rings. The lowest BCUT2D eigenvalue weighted by Gasteiger charge is -2.38. The molecule has 8 heteroatoms. The molecule has 0 saturated carbocycles. The molecule has 1 amide bonds. The highest BCUT2D eigenvalue weighted by Gasteiger charge is 2.39. The van der Waals surface area contributed by atoms with Crippen LogP contribution in [0.15, 0.2) is 23.0 Å². The fraction of sp³-hybridized carbons (Fsp3) is 0.643. The van der Waals surface area contributed by atoms with Crippen molar-refractivity contribution in [3.8, 4) is 0 Å². The molecule has 0 bridgehead atoms. The summed E-state index contributed by atoms with van der Waals surface area (Å²) in [5.41, 5.74) is 0.519. The van der Waals surface area contributed by atoms with E-state index in [1.807, 2.05) is 0 Å². The van der Waals surface area contributed by atoms with Crippen LogP contribution in [0.4, 0.5) is 0 Å². The molecule has 0 spiro atoms. The number of hydrogen-bond acceptors (Lipinski definition) is 5. The molecule has 122 valence electrons. The maximum atomic E-state index is 12.4. The van der Waals surface area contributed by atoms with Crippen LogP contribution < -0.4 is 0 Å². The molecule has 0 radical (unpaired) electrons. The number of amides is 1. The van der Waals surface area contributed by atoms with Gasteiger partial charge in [0.1, 0.15) is 6.26 Å². The van der Waals surface area contributed by atoms with Crippen LogP contribution in [0.25, 0.3) is 0 Å². The van der Waals surface area contributed by atoms with E-state index in [1.54, 1.807) is 11.0 Å². The number of ether oxygens (including phenoxy) is 1. The van der Waals surface area contributed by atoms with Crippen LogP contribution in [0.5, 0.6) is 0 Å². The van der Waals surface area contributed by atoms with E-state index in [9.17, 15) is 13.2 Å². The van der Waals surface area contributed by atoms with Gasteiger partial charge in [-0.25, -0.2) is 8.42 Å². The number of fused-ring (bicyclic) bond motifs is 1. The van der Waals surface area contributed by atoms with Crippen molar-refractivity contribution in [1.82, 2.24) is 9.21 Å². The fourth-order valence-corrected chi connectivity index (χ4v) is 4.37. The number of rotatable bonds is 2. The Morgan fingerprint density at radius 2 is 2.05 bits per heavy atom. The average molecular weight is 328 g/mol. The van der Waals surface area contributed by atoms with E-state index in [-0.39, 0.29) is 18.1 Å². The summed E-state index contributed by atoms with van der Waals surface area (Å²) in [6.07, 6.45) is 5.21. The Hall–Kier alpha value is -1.38. The molecule has 2 atom stereocenters. The monoisotopic (exact) mass is 328 g/mol. The van der Waals surface area contributed by atoms with Crippen molar-refractivity contribution in [2.24, 2.45) is 0 Å². The summed E-state index contributed by atoms with van der Waals surface area (Å²) in [5.74, 6) is -0.0849. The summed E-state index contributed by atoms with van der Waals surface area (Å²) in [6.45, 7) is 1.86. The largest absolute Gasteiger partial charge is 0.472 e. The van der Waals surface area contributed by atoms with E-state index >= 15 is 0 Å². The van der Waals surface area contributed by atoms with Gasteiger partial charge in [-0.1, -0.05) is 0 Å². The molecular weight excluding hydrogens is 308 g/mol. The van der Waals surface area contributed by atoms with Gasteiger partial charge in [-0.2, -0.15) is 4.31 Å².